The van der Waals surface area contributed by atoms with Gasteiger partial charge in [0.25, 0.3) is 5.91 Å². The molecule has 1 heterocycles. The fourth-order valence-electron chi connectivity index (χ4n) is 1.93. The van der Waals surface area contributed by atoms with Gasteiger partial charge in [0.2, 0.25) is 0 Å². The average Bonchev–Trinajstić information content (AvgIpc) is 2.58. The number of nitrogens with zero attached hydrogens (tertiary/aromatic N) is 2. The Morgan fingerprint density at radius 1 is 1.23 bits per heavy atom. The normalized spacial score (nSPS) is 10.3. The van der Waals surface area contributed by atoms with Crippen LogP contribution in [0.3, 0.4) is 0 Å². The van der Waals surface area contributed by atoms with Gasteiger partial charge in [0.1, 0.15) is 5.75 Å². The van der Waals surface area contributed by atoms with Crippen molar-refractivity contribution in [2.45, 2.75) is 13.0 Å². The first kappa shape index (κ1) is 16.0. The summed E-state index contributed by atoms with van der Waals surface area (Å²) in [4.78, 5) is 17.9. The number of hydrogen-bond acceptors (Lipinski definition) is 4. The number of hydrogen-bond donors (Lipinski definition) is 1. The second-order valence-corrected chi connectivity index (χ2v) is 5.02. The number of amides is 1. The molecule has 0 aliphatic carbocycles. The predicted molar refractivity (Wildman–Crippen MR) is 85.4 cm³/mol. The second-order valence-electron chi connectivity index (χ2n) is 5.02. The van der Waals surface area contributed by atoms with Crippen LogP contribution < -0.4 is 10.5 Å². The molecule has 0 saturated carbocycles. The number of aromatic nitrogens is 1. The number of nitrogens with two attached hydrogens (primary N) is 1. The molecule has 0 bridgehead atoms. The standard InChI is InChI=1S/C17H21N3O2/c1-20(11-9-15-4-2-3-10-19-15)17(21)13-22-16-7-5-14(12-18)6-8-16/h2-8,10H,9,11-13,18H2,1H3. The third-order valence-electron chi connectivity index (χ3n) is 3.38. The van der Waals surface area contributed by atoms with Crippen molar-refractivity contribution >= 4 is 5.91 Å². The van der Waals surface area contributed by atoms with Crippen LogP contribution in [0.4, 0.5) is 0 Å². The van der Waals surface area contributed by atoms with Gasteiger partial charge in [-0.15, -0.1) is 0 Å². The van der Waals surface area contributed by atoms with Gasteiger partial charge in [0.15, 0.2) is 6.61 Å². The number of carbonyl (C=O) groups excluding carboxylic acids is 1. The monoisotopic (exact) mass is 299 g/mol. The van der Waals surface area contributed by atoms with Crippen molar-refractivity contribution in [3.05, 3.63) is 59.9 Å². The molecular formula is C17H21N3O2. The van der Waals surface area contributed by atoms with E-state index in [1.54, 1.807) is 18.1 Å². The molecule has 116 valence electrons. The lowest BCUT2D eigenvalue weighted by atomic mass is 10.2. The summed E-state index contributed by atoms with van der Waals surface area (Å²) in [6.07, 6.45) is 2.49. The molecule has 5 heteroatoms. The Kier molecular flexibility index (Phi) is 5.91. The first-order valence-corrected chi connectivity index (χ1v) is 7.24. The van der Waals surface area contributed by atoms with Gasteiger partial charge in [0, 0.05) is 38.4 Å². The second kappa shape index (κ2) is 8.14. The summed E-state index contributed by atoms with van der Waals surface area (Å²) in [5.74, 6) is 0.613. The maximum absolute atomic E-state index is 12.0. The van der Waals surface area contributed by atoms with E-state index in [2.05, 4.69) is 4.98 Å². The maximum Gasteiger partial charge on any atom is 0.260 e. The van der Waals surface area contributed by atoms with Gasteiger partial charge in [-0.25, -0.2) is 0 Å². The number of pyridine rings is 1. The maximum atomic E-state index is 12.0. The fourth-order valence-corrected chi connectivity index (χ4v) is 1.93. The molecule has 0 spiro atoms. The summed E-state index contributed by atoms with van der Waals surface area (Å²) in [6.45, 7) is 1.14. The molecular weight excluding hydrogens is 278 g/mol. The number of ether oxygens (including phenoxy) is 1. The van der Waals surface area contributed by atoms with E-state index < -0.39 is 0 Å². The summed E-state index contributed by atoms with van der Waals surface area (Å²) in [5.41, 5.74) is 7.54. The average molecular weight is 299 g/mol. The van der Waals surface area contributed by atoms with Gasteiger partial charge in [0.05, 0.1) is 0 Å². The summed E-state index contributed by atoms with van der Waals surface area (Å²) in [7, 11) is 1.77. The largest absolute Gasteiger partial charge is 0.484 e. The Bertz CT molecular complexity index is 585. The smallest absolute Gasteiger partial charge is 0.260 e. The van der Waals surface area contributed by atoms with Crippen LogP contribution in [0.15, 0.2) is 48.7 Å². The Balaban J connectivity index is 1.76. The fraction of sp³-hybridized carbons (Fsp3) is 0.294. The van der Waals surface area contributed by atoms with Crippen molar-refractivity contribution in [2.24, 2.45) is 5.73 Å². The minimum absolute atomic E-state index is 0.0285. The lowest BCUT2D eigenvalue weighted by Gasteiger charge is -2.17. The SMILES string of the molecule is CN(CCc1ccccn1)C(=O)COc1ccc(CN)cc1. The van der Waals surface area contributed by atoms with Gasteiger partial charge in [-0.2, -0.15) is 0 Å². The third kappa shape index (κ3) is 4.86. The minimum Gasteiger partial charge on any atom is -0.484 e. The Morgan fingerprint density at radius 2 is 2.00 bits per heavy atom. The third-order valence-corrected chi connectivity index (χ3v) is 3.38. The molecule has 1 aromatic heterocycles. The molecule has 2 rings (SSSR count). The van der Waals surface area contributed by atoms with E-state index in [1.165, 1.54) is 0 Å². The predicted octanol–water partition coefficient (Wildman–Crippen LogP) is 1.62. The highest BCUT2D eigenvalue weighted by atomic mass is 16.5. The highest BCUT2D eigenvalue weighted by Gasteiger charge is 2.09. The Morgan fingerprint density at radius 3 is 2.64 bits per heavy atom. The van der Waals surface area contributed by atoms with E-state index >= 15 is 0 Å². The van der Waals surface area contributed by atoms with E-state index in [9.17, 15) is 4.79 Å². The quantitative estimate of drug-likeness (QED) is 0.843. The van der Waals surface area contributed by atoms with Crippen molar-refractivity contribution in [2.75, 3.05) is 20.2 Å². The molecule has 5 nitrogen and oxygen atoms in total. The number of carbonyl (C=O) groups is 1. The van der Waals surface area contributed by atoms with Crippen molar-refractivity contribution in [3.63, 3.8) is 0 Å². The first-order chi connectivity index (χ1) is 10.7. The molecule has 2 N–H and O–H groups in total. The molecule has 1 amide bonds. The zero-order valence-corrected chi connectivity index (χ0v) is 12.7. The first-order valence-electron chi connectivity index (χ1n) is 7.24. The van der Waals surface area contributed by atoms with Crippen LogP contribution in [0.5, 0.6) is 5.75 Å². The lowest BCUT2D eigenvalue weighted by molar-refractivity contribution is -0.132. The van der Waals surface area contributed by atoms with Crippen molar-refractivity contribution < 1.29 is 9.53 Å². The minimum atomic E-state index is -0.0566. The van der Waals surface area contributed by atoms with Crippen molar-refractivity contribution in [1.82, 2.24) is 9.88 Å². The lowest BCUT2D eigenvalue weighted by Crippen LogP contribution is -2.33. The van der Waals surface area contributed by atoms with Crippen LogP contribution in [0.25, 0.3) is 0 Å². The zero-order chi connectivity index (χ0) is 15.8. The Hall–Kier alpha value is -2.40. The summed E-state index contributed by atoms with van der Waals surface area (Å²) < 4.78 is 5.49. The van der Waals surface area contributed by atoms with Crippen LogP contribution in [-0.2, 0) is 17.8 Å². The van der Waals surface area contributed by atoms with Gasteiger partial charge in [-0.05, 0) is 29.8 Å². The van der Waals surface area contributed by atoms with Crippen LogP contribution in [-0.4, -0.2) is 36.0 Å². The van der Waals surface area contributed by atoms with E-state index in [0.717, 1.165) is 17.7 Å². The summed E-state index contributed by atoms with van der Waals surface area (Å²) >= 11 is 0. The van der Waals surface area contributed by atoms with Gasteiger partial charge >= 0.3 is 0 Å². The molecule has 0 fully saturated rings. The van der Waals surface area contributed by atoms with Crippen LogP contribution >= 0.6 is 0 Å². The summed E-state index contributed by atoms with van der Waals surface area (Å²) in [5, 5.41) is 0. The molecule has 0 saturated heterocycles. The molecule has 22 heavy (non-hydrogen) atoms. The number of benzene rings is 1. The van der Waals surface area contributed by atoms with Crippen molar-refractivity contribution in [3.8, 4) is 5.75 Å². The molecule has 2 aromatic rings. The van der Waals surface area contributed by atoms with Crippen LogP contribution in [0.2, 0.25) is 0 Å². The molecule has 0 aliphatic heterocycles. The van der Waals surface area contributed by atoms with E-state index in [1.807, 2.05) is 42.5 Å². The van der Waals surface area contributed by atoms with Crippen molar-refractivity contribution in [1.29, 1.82) is 0 Å². The molecule has 0 aliphatic rings. The molecule has 0 radical (unpaired) electrons. The van der Waals surface area contributed by atoms with Crippen LogP contribution in [0, 0.1) is 0 Å². The zero-order valence-electron chi connectivity index (χ0n) is 12.7. The van der Waals surface area contributed by atoms with E-state index in [-0.39, 0.29) is 12.5 Å². The highest BCUT2D eigenvalue weighted by molar-refractivity contribution is 5.77. The summed E-state index contributed by atoms with van der Waals surface area (Å²) in [6, 6.07) is 13.2. The topological polar surface area (TPSA) is 68.5 Å². The molecule has 1 aromatic carbocycles. The van der Waals surface area contributed by atoms with E-state index in [4.69, 9.17) is 10.5 Å². The van der Waals surface area contributed by atoms with Gasteiger partial charge in [-0.3, -0.25) is 9.78 Å². The van der Waals surface area contributed by atoms with Gasteiger partial charge in [-0.1, -0.05) is 18.2 Å². The highest BCUT2D eigenvalue weighted by Crippen LogP contribution is 2.11. The van der Waals surface area contributed by atoms with E-state index in [0.29, 0.717) is 18.8 Å². The number of rotatable bonds is 7. The molecule has 0 unspecified atom stereocenters. The Labute approximate surface area is 130 Å². The number of likely N-dealkylation sites (N-methyl/N-ethyl adjacent to an activating group) is 1. The van der Waals surface area contributed by atoms with Crippen LogP contribution in [0.1, 0.15) is 11.3 Å². The molecule has 0 atom stereocenters. The van der Waals surface area contributed by atoms with Gasteiger partial charge < -0.3 is 15.4 Å².